The lowest BCUT2D eigenvalue weighted by Gasteiger charge is -2.47. The molecule has 1 N–H and O–H groups in total. The fraction of sp³-hybridized carbons (Fsp3) is 0.944. The Morgan fingerprint density at radius 1 is 0.392 bits per heavy atom. The molecule has 1 amide bonds. The van der Waals surface area contributed by atoms with Gasteiger partial charge in [0.15, 0.2) is 8.32 Å². The number of nitrogens with one attached hydrogen (secondary N) is 1. The van der Waals surface area contributed by atoms with Crippen molar-refractivity contribution in [2.24, 2.45) is 0 Å². The van der Waals surface area contributed by atoms with E-state index in [0.29, 0.717) is 52.9 Å². The molecule has 0 aliphatic carbocycles. The molecular weight excluding hydrogens is 1000 g/mol. The number of hydrogen-bond donors (Lipinski definition) is 1. The standard InChI is InChI=1S/C71H143NO5Si2/c1-15-16-17-18-19-20-21-40-43-46-49-52-55-58-70(77-79(65(8)9,66(10)11)67(12)13)69(61-76-78(62(2)3,63(4)5)64(6)7)72-71(74)59-56-53-50-47-44-41-38-36-34-32-30-28-26-24-22-23-25-27-29-31-33-35-37-39-42-45-48-51-54-57-60-75-68(14)73/h55,58,62-67,69-70H,15-54,56-57,59-61H2,1-14H3,(H,72,74)/b58-55+/t69-,70+/m0/s1. The molecule has 0 aromatic heterocycles. The van der Waals surface area contributed by atoms with Crippen molar-refractivity contribution in [2.75, 3.05) is 13.2 Å². The topological polar surface area (TPSA) is 73.9 Å². The quantitative estimate of drug-likeness (QED) is 0.0284. The molecule has 0 saturated carbocycles. The Labute approximate surface area is 498 Å². The maximum atomic E-state index is 14.1. The van der Waals surface area contributed by atoms with Crippen molar-refractivity contribution < 1.29 is 23.2 Å². The maximum Gasteiger partial charge on any atom is 0.302 e. The van der Waals surface area contributed by atoms with Crippen LogP contribution in [-0.4, -0.2) is 53.9 Å². The predicted molar refractivity (Wildman–Crippen MR) is 355 cm³/mol. The van der Waals surface area contributed by atoms with E-state index in [1.807, 2.05) is 0 Å². The first kappa shape index (κ1) is 78.0. The number of carbonyl (C=O) groups is 2. The number of ether oxygens (including phenoxy) is 1. The van der Waals surface area contributed by atoms with Crippen molar-refractivity contribution in [1.82, 2.24) is 5.32 Å². The highest BCUT2D eigenvalue weighted by Crippen LogP contribution is 2.45. The van der Waals surface area contributed by atoms with Gasteiger partial charge in [-0.25, -0.2) is 0 Å². The van der Waals surface area contributed by atoms with Gasteiger partial charge in [-0.05, 0) is 58.9 Å². The van der Waals surface area contributed by atoms with Gasteiger partial charge in [-0.2, -0.15) is 0 Å². The average Bonchev–Trinajstić information content (AvgIpc) is 3.40. The number of rotatable bonds is 59. The number of hydrogen-bond acceptors (Lipinski definition) is 5. The summed E-state index contributed by atoms with van der Waals surface area (Å²) in [5.74, 6) is 0.0152. The van der Waals surface area contributed by atoms with Crippen LogP contribution in [0.2, 0.25) is 33.2 Å². The van der Waals surface area contributed by atoms with Gasteiger partial charge >= 0.3 is 5.97 Å². The lowest BCUT2D eigenvalue weighted by atomic mass is 10.0. The molecule has 8 heteroatoms. The molecule has 0 fully saturated rings. The van der Waals surface area contributed by atoms with E-state index in [1.165, 1.54) is 251 Å². The lowest BCUT2D eigenvalue weighted by Crippen LogP contribution is -2.57. The zero-order valence-corrected chi connectivity index (χ0v) is 58.1. The maximum absolute atomic E-state index is 14.1. The van der Waals surface area contributed by atoms with E-state index in [4.69, 9.17) is 13.6 Å². The van der Waals surface area contributed by atoms with Gasteiger partial charge in [0.1, 0.15) is 0 Å². The summed E-state index contributed by atoms with van der Waals surface area (Å²) in [4.78, 5) is 24.9. The van der Waals surface area contributed by atoms with E-state index in [2.05, 4.69) is 107 Å². The predicted octanol–water partition coefficient (Wildman–Crippen LogP) is 24.1. The van der Waals surface area contributed by atoms with Crippen molar-refractivity contribution in [3.05, 3.63) is 12.2 Å². The minimum atomic E-state index is -2.28. The van der Waals surface area contributed by atoms with Crippen LogP contribution >= 0.6 is 0 Å². The highest BCUT2D eigenvalue weighted by molar-refractivity contribution is 6.78. The SMILES string of the molecule is CCCCCCCCCCCCC/C=C/[C@@H](O[Si](C(C)C)(C(C)C)C(C)C)[C@H](CO[Si](C(C)C)(C(C)C)C(C)C)NC(=O)CCCCCCCCCCCCCCCCCCCCCCCCCCCCCCCCOC(C)=O. The van der Waals surface area contributed by atoms with E-state index in [-0.39, 0.29) is 24.0 Å². The molecule has 0 aliphatic heterocycles. The Kier molecular flexibility index (Phi) is 51.9. The van der Waals surface area contributed by atoms with Crippen molar-refractivity contribution in [3.63, 3.8) is 0 Å². The second kappa shape index (κ2) is 52.6. The van der Waals surface area contributed by atoms with Gasteiger partial charge in [0.05, 0.1) is 25.4 Å². The van der Waals surface area contributed by atoms with Crippen LogP contribution < -0.4 is 5.32 Å². The third kappa shape index (κ3) is 39.3. The summed E-state index contributed by atoms with van der Waals surface area (Å²) >= 11 is 0. The Morgan fingerprint density at radius 3 is 0.987 bits per heavy atom. The third-order valence-corrected chi connectivity index (χ3v) is 30.6. The molecule has 470 valence electrons. The fourth-order valence-electron chi connectivity index (χ4n) is 13.8. The summed E-state index contributed by atoms with van der Waals surface area (Å²) in [5, 5.41) is 3.62. The molecule has 0 heterocycles. The first-order valence-corrected chi connectivity index (χ1v) is 39.7. The minimum absolute atomic E-state index is 0.153. The largest absolute Gasteiger partial charge is 0.466 e. The van der Waals surface area contributed by atoms with Crippen molar-refractivity contribution in [3.8, 4) is 0 Å². The smallest absolute Gasteiger partial charge is 0.302 e. The summed E-state index contributed by atoms with van der Waals surface area (Å²) in [5.41, 5.74) is 2.82. The van der Waals surface area contributed by atoms with Crippen molar-refractivity contribution >= 4 is 28.5 Å². The molecule has 0 aromatic carbocycles. The van der Waals surface area contributed by atoms with Crippen molar-refractivity contribution in [2.45, 2.75) is 418 Å². The normalized spacial score (nSPS) is 13.4. The molecule has 0 rings (SSSR count). The van der Waals surface area contributed by atoms with Gasteiger partial charge in [0, 0.05) is 13.3 Å². The Hall–Kier alpha value is -0.966. The molecular formula is C71H143NO5Si2. The molecule has 0 spiro atoms. The van der Waals surface area contributed by atoms with Gasteiger partial charge in [0.25, 0.3) is 0 Å². The van der Waals surface area contributed by atoms with E-state index in [0.717, 1.165) is 25.7 Å². The van der Waals surface area contributed by atoms with Crippen LogP contribution in [0.25, 0.3) is 0 Å². The van der Waals surface area contributed by atoms with Gasteiger partial charge in [-0.3, -0.25) is 9.59 Å². The van der Waals surface area contributed by atoms with Crippen LogP contribution in [0.15, 0.2) is 12.2 Å². The van der Waals surface area contributed by atoms with E-state index >= 15 is 0 Å². The Balaban J connectivity index is 4.74. The Bertz CT molecular complexity index is 1340. The van der Waals surface area contributed by atoms with E-state index < -0.39 is 16.6 Å². The molecule has 6 nitrogen and oxygen atoms in total. The number of allylic oxidation sites excluding steroid dienone is 1. The number of esters is 1. The summed E-state index contributed by atoms with van der Waals surface area (Å²) in [6.45, 7) is 33.5. The second-order valence-electron chi connectivity index (χ2n) is 27.2. The first-order valence-electron chi connectivity index (χ1n) is 35.4. The van der Waals surface area contributed by atoms with Crippen LogP contribution in [0.5, 0.6) is 0 Å². The van der Waals surface area contributed by atoms with Crippen LogP contribution in [0.4, 0.5) is 0 Å². The lowest BCUT2D eigenvalue weighted by molar-refractivity contribution is -0.141. The van der Waals surface area contributed by atoms with Gasteiger partial charge in [-0.15, -0.1) is 0 Å². The van der Waals surface area contributed by atoms with Gasteiger partial charge in [0.2, 0.25) is 14.2 Å². The van der Waals surface area contributed by atoms with Crippen LogP contribution in [-0.2, 0) is 23.2 Å². The van der Waals surface area contributed by atoms with E-state index in [1.54, 1.807) is 0 Å². The van der Waals surface area contributed by atoms with E-state index in [9.17, 15) is 9.59 Å². The molecule has 0 radical (unpaired) electrons. The Morgan fingerprint density at radius 2 is 0.684 bits per heavy atom. The highest BCUT2D eigenvalue weighted by atomic mass is 28.4. The third-order valence-electron chi connectivity index (χ3n) is 18.4. The van der Waals surface area contributed by atoms with Crippen LogP contribution in [0.1, 0.15) is 373 Å². The molecule has 0 unspecified atom stereocenters. The number of unbranched alkanes of at least 4 members (excludes halogenated alkanes) is 40. The highest BCUT2D eigenvalue weighted by Gasteiger charge is 2.49. The fourth-order valence-corrected chi connectivity index (χ4v) is 24.8. The second-order valence-corrected chi connectivity index (χ2v) is 38.0. The van der Waals surface area contributed by atoms with Crippen molar-refractivity contribution in [1.29, 1.82) is 0 Å². The molecule has 0 saturated heterocycles. The average molecular weight is 1150 g/mol. The monoisotopic (exact) mass is 1150 g/mol. The number of amides is 1. The summed E-state index contributed by atoms with van der Waals surface area (Å²) in [6.07, 6.45) is 61.7. The zero-order valence-electron chi connectivity index (χ0n) is 56.1. The zero-order chi connectivity index (χ0) is 58.8. The summed E-state index contributed by atoms with van der Waals surface area (Å²) < 4.78 is 20.1. The minimum Gasteiger partial charge on any atom is -0.466 e. The summed E-state index contributed by atoms with van der Waals surface area (Å²) in [7, 11) is -4.47. The molecule has 79 heavy (non-hydrogen) atoms. The van der Waals surface area contributed by atoms with Gasteiger partial charge < -0.3 is 18.9 Å². The van der Waals surface area contributed by atoms with Crippen LogP contribution in [0.3, 0.4) is 0 Å². The molecule has 2 atom stereocenters. The molecule has 0 aromatic rings. The van der Waals surface area contributed by atoms with Crippen LogP contribution in [0, 0.1) is 0 Å². The summed E-state index contributed by atoms with van der Waals surface area (Å²) in [6, 6.07) is -0.209. The molecule has 0 bridgehead atoms. The number of carbonyl (C=O) groups excluding carboxylic acids is 2. The molecule has 0 aliphatic rings. The van der Waals surface area contributed by atoms with Gasteiger partial charge in [-0.1, -0.05) is 346 Å². The first-order chi connectivity index (χ1) is 38.0.